The summed E-state index contributed by atoms with van der Waals surface area (Å²) in [5, 5.41) is 6.37. The zero-order chi connectivity index (χ0) is 15.4. The topological polar surface area (TPSA) is 41.1 Å². The van der Waals surface area contributed by atoms with Gasteiger partial charge < -0.3 is 10.6 Å². The molecule has 3 nitrogen and oxygen atoms in total. The number of hydrogen-bond acceptors (Lipinski definition) is 1. The van der Waals surface area contributed by atoms with Crippen molar-refractivity contribution in [3.05, 3.63) is 64.2 Å². The molecule has 2 aromatic rings. The number of nitrogens with one attached hydrogen (secondary N) is 2. The van der Waals surface area contributed by atoms with Gasteiger partial charge >= 0.3 is 6.03 Å². The normalized spacial score (nSPS) is 11.8. The zero-order valence-electron chi connectivity index (χ0n) is 12.4. The highest BCUT2D eigenvalue weighted by atomic mass is 35.5. The number of anilines is 1. The maximum absolute atomic E-state index is 12.0. The summed E-state index contributed by atoms with van der Waals surface area (Å²) in [6.07, 6.45) is 0. The van der Waals surface area contributed by atoms with Gasteiger partial charge in [-0.25, -0.2) is 4.79 Å². The van der Waals surface area contributed by atoms with Crippen LogP contribution < -0.4 is 10.6 Å². The van der Waals surface area contributed by atoms with Crippen molar-refractivity contribution in [2.24, 2.45) is 0 Å². The standard InChI is InChI=1S/C17H19ClN2O/c1-11-4-9-16(12(2)10-11)13(3)19-17(21)20-15-7-5-14(18)6-8-15/h4-10,13H,1-3H3,(H2,19,20,21)/t13-/m1/s1. The van der Waals surface area contributed by atoms with Crippen LogP contribution in [-0.4, -0.2) is 6.03 Å². The van der Waals surface area contributed by atoms with Crippen LogP contribution >= 0.6 is 11.6 Å². The molecular formula is C17H19ClN2O. The molecule has 2 amide bonds. The summed E-state index contributed by atoms with van der Waals surface area (Å²) in [4.78, 5) is 12.0. The minimum atomic E-state index is -0.232. The molecule has 4 heteroatoms. The van der Waals surface area contributed by atoms with Crippen molar-refractivity contribution < 1.29 is 4.79 Å². The van der Waals surface area contributed by atoms with Crippen LogP contribution in [0.25, 0.3) is 0 Å². The van der Waals surface area contributed by atoms with Crippen molar-refractivity contribution in [1.29, 1.82) is 0 Å². The van der Waals surface area contributed by atoms with Gasteiger partial charge in [0.25, 0.3) is 0 Å². The number of halogens is 1. The lowest BCUT2D eigenvalue weighted by Crippen LogP contribution is -2.31. The third kappa shape index (κ3) is 4.23. The SMILES string of the molecule is Cc1ccc([C@@H](C)NC(=O)Nc2ccc(Cl)cc2)c(C)c1. The third-order valence-corrected chi connectivity index (χ3v) is 3.59. The number of aryl methyl sites for hydroxylation is 2. The van der Waals surface area contributed by atoms with Gasteiger partial charge in [0, 0.05) is 10.7 Å². The predicted octanol–water partition coefficient (Wildman–Crippen LogP) is 4.84. The number of benzene rings is 2. The molecule has 2 aromatic carbocycles. The van der Waals surface area contributed by atoms with Crippen LogP contribution in [0.2, 0.25) is 5.02 Å². The molecule has 2 N–H and O–H groups in total. The average molecular weight is 303 g/mol. The average Bonchev–Trinajstić information content (AvgIpc) is 2.41. The largest absolute Gasteiger partial charge is 0.331 e. The van der Waals surface area contributed by atoms with E-state index in [4.69, 9.17) is 11.6 Å². The third-order valence-electron chi connectivity index (χ3n) is 3.34. The van der Waals surface area contributed by atoms with E-state index in [0.29, 0.717) is 10.7 Å². The Morgan fingerprint density at radius 3 is 2.38 bits per heavy atom. The Bertz CT molecular complexity index is 638. The first-order valence-electron chi connectivity index (χ1n) is 6.86. The van der Waals surface area contributed by atoms with Gasteiger partial charge in [-0.1, -0.05) is 35.4 Å². The van der Waals surface area contributed by atoms with Crippen LogP contribution in [0.5, 0.6) is 0 Å². The Labute approximate surface area is 130 Å². The summed E-state index contributed by atoms with van der Waals surface area (Å²) in [7, 11) is 0. The molecule has 0 aliphatic rings. The summed E-state index contributed by atoms with van der Waals surface area (Å²) in [6, 6.07) is 12.9. The van der Waals surface area contributed by atoms with E-state index in [0.717, 1.165) is 5.56 Å². The molecule has 0 aromatic heterocycles. The van der Waals surface area contributed by atoms with Gasteiger partial charge in [0.15, 0.2) is 0 Å². The van der Waals surface area contributed by atoms with Gasteiger partial charge in [-0.3, -0.25) is 0 Å². The summed E-state index contributed by atoms with van der Waals surface area (Å²) in [5.41, 5.74) is 4.22. The molecule has 0 bridgehead atoms. The van der Waals surface area contributed by atoms with E-state index < -0.39 is 0 Å². The smallest absolute Gasteiger partial charge is 0.319 e. The molecule has 0 spiro atoms. The molecule has 0 radical (unpaired) electrons. The van der Waals surface area contributed by atoms with E-state index in [9.17, 15) is 4.79 Å². The zero-order valence-corrected chi connectivity index (χ0v) is 13.2. The maximum Gasteiger partial charge on any atom is 0.319 e. The van der Waals surface area contributed by atoms with Crippen molar-refractivity contribution in [3.8, 4) is 0 Å². The first kappa shape index (κ1) is 15.4. The molecule has 0 unspecified atom stereocenters. The number of carbonyl (C=O) groups is 1. The Hall–Kier alpha value is -2.00. The van der Waals surface area contributed by atoms with E-state index in [1.165, 1.54) is 11.1 Å². The highest BCUT2D eigenvalue weighted by Gasteiger charge is 2.11. The second kappa shape index (κ2) is 6.64. The van der Waals surface area contributed by atoms with Crippen molar-refractivity contribution in [1.82, 2.24) is 5.32 Å². The molecule has 0 aliphatic carbocycles. The molecule has 1 atom stereocenters. The molecular weight excluding hydrogens is 284 g/mol. The van der Waals surface area contributed by atoms with E-state index in [2.05, 4.69) is 42.7 Å². The molecule has 0 fully saturated rings. The van der Waals surface area contributed by atoms with Gasteiger partial charge in [-0.15, -0.1) is 0 Å². The van der Waals surface area contributed by atoms with Crippen molar-refractivity contribution in [3.63, 3.8) is 0 Å². The minimum Gasteiger partial charge on any atom is -0.331 e. The van der Waals surface area contributed by atoms with Crippen molar-refractivity contribution in [2.75, 3.05) is 5.32 Å². The Balaban J connectivity index is 2.00. The summed E-state index contributed by atoms with van der Waals surface area (Å²) < 4.78 is 0. The lowest BCUT2D eigenvalue weighted by molar-refractivity contribution is 0.249. The van der Waals surface area contributed by atoms with Crippen molar-refractivity contribution >= 4 is 23.3 Å². The molecule has 0 saturated heterocycles. The van der Waals surface area contributed by atoms with E-state index >= 15 is 0 Å². The van der Waals surface area contributed by atoms with E-state index in [1.54, 1.807) is 24.3 Å². The van der Waals surface area contributed by atoms with Gasteiger partial charge in [-0.05, 0) is 56.2 Å². The highest BCUT2D eigenvalue weighted by Crippen LogP contribution is 2.19. The quantitative estimate of drug-likeness (QED) is 0.837. The van der Waals surface area contributed by atoms with Gasteiger partial charge in [-0.2, -0.15) is 0 Å². The Kier molecular flexibility index (Phi) is 4.86. The number of urea groups is 1. The molecule has 0 heterocycles. The number of amides is 2. The minimum absolute atomic E-state index is 0.0575. The first-order valence-corrected chi connectivity index (χ1v) is 7.24. The summed E-state index contributed by atoms with van der Waals surface area (Å²) in [6.45, 7) is 6.08. The first-order chi connectivity index (χ1) is 9.95. The fourth-order valence-corrected chi connectivity index (χ4v) is 2.41. The second-order valence-electron chi connectivity index (χ2n) is 5.19. The van der Waals surface area contributed by atoms with Crippen LogP contribution in [0.4, 0.5) is 10.5 Å². The molecule has 110 valence electrons. The van der Waals surface area contributed by atoms with Crippen LogP contribution in [0.3, 0.4) is 0 Å². The molecule has 21 heavy (non-hydrogen) atoms. The second-order valence-corrected chi connectivity index (χ2v) is 5.62. The monoisotopic (exact) mass is 302 g/mol. The Morgan fingerprint density at radius 2 is 1.76 bits per heavy atom. The van der Waals surface area contributed by atoms with E-state index in [-0.39, 0.29) is 12.1 Å². The summed E-state index contributed by atoms with van der Waals surface area (Å²) >= 11 is 5.81. The van der Waals surface area contributed by atoms with E-state index in [1.807, 2.05) is 6.92 Å². The predicted molar refractivity (Wildman–Crippen MR) is 87.9 cm³/mol. The van der Waals surface area contributed by atoms with Crippen LogP contribution in [0.15, 0.2) is 42.5 Å². The molecule has 2 rings (SSSR count). The van der Waals surface area contributed by atoms with Crippen LogP contribution in [0, 0.1) is 13.8 Å². The fourth-order valence-electron chi connectivity index (χ4n) is 2.29. The fraction of sp³-hybridized carbons (Fsp3) is 0.235. The lowest BCUT2D eigenvalue weighted by Gasteiger charge is -2.17. The van der Waals surface area contributed by atoms with Gasteiger partial charge in [0.05, 0.1) is 6.04 Å². The Morgan fingerprint density at radius 1 is 1.10 bits per heavy atom. The maximum atomic E-state index is 12.0. The highest BCUT2D eigenvalue weighted by molar-refractivity contribution is 6.30. The van der Waals surface area contributed by atoms with Crippen LogP contribution in [0.1, 0.15) is 29.7 Å². The lowest BCUT2D eigenvalue weighted by atomic mass is 10.0. The summed E-state index contributed by atoms with van der Waals surface area (Å²) in [5.74, 6) is 0. The van der Waals surface area contributed by atoms with Gasteiger partial charge in [0.2, 0.25) is 0 Å². The molecule has 0 aliphatic heterocycles. The number of hydrogen-bond donors (Lipinski definition) is 2. The van der Waals surface area contributed by atoms with Crippen molar-refractivity contribution in [2.45, 2.75) is 26.8 Å². The molecule has 0 saturated carbocycles. The van der Waals surface area contributed by atoms with Crippen LogP contribution in [-0.2, 0) is 0 Å². The van der Waals surface area contributed by atoms with Gasteiger partial charge in [0.1, 0.15) is 0 Å². The number of rotatable bonds is 3. The number of carbonyl (C=O) groups excluding carboxylic acids is 1.